The Morgan fingerprint density at radius 2 is 1.55 bits per heavy atom. The van der Waals surface area contributed by atoms with Gasteiger partial charge in [0.25, 0.3) is 0 Å². The molecule has 0 bridgehead atoms. The number of rotatable bonds is 4. The minimum absolute atomic E-state index is 1.14. The number of benzene rings is 1. The molecule has 0 aliphatic heterocycles. The number of para-hydroxylation sites is 1. The van der Waals surface area contributed by atoms with Crippen LogP contribution in [0.3, 0.4) is 0 Å². The average Bonchev–Trinajstić information content (AvgIpc) is 3.18. The van der Waals surface area contributed by atoms with Gasteiger partial charge < -0.3 is 0 Å². The zero-order chi connectivity index (χ0) is 13.8. The molecule has 99 valence electrons. The van der Waals surface area contributed by atoms with Crippen LogP contribution in [0.25, 0.3) is 0 Å². The van der Waals surface area contributed by atoms with Crippen LogP contribution < -0.4 is 5.23 Å². The normalized spacial score (nSPS) is 16.9. The Balaban J connectivity index is 1.93. The Bertz CT molecular complexity index is 631. The van der Waals surface area contributed by atoms with E-state index in [1.165, 1.54) is 5.69 Å². The van der Waals surface area contributed by atoms with Gasteiger partial charge in [-0.15, -0.1) is 0 Å². The molecule has 0 saturated heterocycles. The van der Waals surface area contributed by atoms with Crippen molar-refractivity contribution in [3.63, 3.8) is 0 Å². The molecule has 2 aliphatic carbocycles. The van der Waals surface area contributed by atoms with E-state index in [0.717, 1.165) is 12.8 Å². The molecule has 1 nitrogen and oxygen atoms in total. The van der Waals surface area contributed by atoms with E-state index in [-0.39, 0.29) is 0 Å². The fourth-order valence-corrected chi connectivity index (χ4v) is 10.7. The van der Waals surface area contributed by atoms with Crippen LogP contribution in [0.1, 0.15) is 12.8 Å². The number of hydrogen-bond donors (Lipinski definition) is 1. The summed E-state index contributed by atoms with van der Waals surface area (Å²) in [6, 6.07) is 10.5. The van der Waals surface area contributed by atoms with Gasteiger partial charge >= 0.3 is 126 Å². The first-order valence-corrected chi connectivity index (χ1v) is 13.5. The summed E-state index contributed by atoms with van der Waals surface area (Å²) in [5.74, 6) is 0. The molecule has 3 heteroatoms. The molecule has 0 spiro atoms. The van der Waals surface area contributed by atoms with Crippen molar-refractivity contribution in [1.82, 2.24) is 0 Å². The van der Waals surface area contributed by atoms with Gasteiger partial charge in [0.05, 0.1) is 0 Å². The standard InChI is InChI=1S/C6H6BN.2C5H5.CH3.Zr/c7-8-6-4-2-1-3-5-6;2*1-2-4-5-3-1;;/h1-5,8H;2*1-3H,4H2;1H3;. The number of hydrogen-bond acceptors (Lipinski definition) is 1. The van der Waals surface area contributed by atoms with E-state index in [9.17, 15) is 0 Å². The Kier molecular flexibility index (Phi) is 4.26. The maximum absolute atomic E-state index is 3.57. The number of allylic oxidation sites excluding steroid dienone is 8. The van der Waals surface area contributed by atoms with Crippen molar-refractivity contribution in [2.75, 3.05) is 5.23 Å². The number of nitrogens with one attached hydrogen (secondary N) is 1. The minimum atomic E-state index is -2.57. The summed E-state index contributed by atoms with van der Waals surface area (Å²) in [4.78, 5) is 0. The van der Waals surface area contributed by atoms with Crippen molar-refractivity contribution < 1.29 is 19.5 Å². The molecular formula is C17H19BNZr. The zero-order valence-corrected chi connectivity index (χ0v) is 14.3. The topological polar surface area (TPSA) is 12.0 Å². The summed E-state index contributed by atoms with van der Waals surface area (Å²) in [6.07, 6.45) is 16.0. The SMILES string of the molecule is [CH3][Zr](=[B]Nc1ccccc1)([C]1=CC=CC1)[C]1=CC=CC1. The second kappa shape index (κ2) is 6.14. The molecule has 0 heterocycles. The first-order valence-electron chi connectivity index (χ1n) is 7.17. The van der Waals surface area contributed by atoms with Crippen molar-refractivity contribution in [2.24, 2.45) is 0 Å². The fourth-order valence-electron chi connectivity index (χ4n) is 2.82. The fraction of sp³-hybridized carbons (Fsp3) is 0.176. The van der Waals surface area contributed by atoms with Crippen LogP contribution in [-0.4, -0.2) is 4.51 Å². The van der Waals surface area contributed by atoms with Gasteiger partial charge in [-0.1, -0.05) is 0 Å². The molecule has 0 aromatic heterocycles. The second-order valence-electron chi connectivity index (χ2n) is 5.51. The van der Waals surface area contributed by atoms with E-state index in [1.807, 2.05) is 0 Å². The molecule has 1 N–H and O–H groups in total. The van der Waals surface area contributed by atoms with Gasteiger partial charge in [-0.05, 0) is 0 Å². The van der Waals surface area contributed by atoms with E-state index >= 15 is 0 Å². The summed E-state index contributed by atoms with van der Waals surface area (Å²) < 4.78 is 8.29. The van der Waals surface area contributed by atoms with Crippen LogP contribution in [0, 0.1) is 0 Å². The van der Waals surface area contributed by atoms with Crippen LogP contribution in [0.4, 0.5) is 5.69 Å². The van der Waals surface area contributed by atoms with Crippen LogP contribution >= 0.6 is 0 Å². The molecule has 20 heavy (non-hydrogen) atoms. The van der Waals surface area contributed by atoms with Crippen molar-refractivity contribution in [3.05, 3.63) is 73.3 Å². The molecule has 0 amide bonds. The zero-order valence-electron chi connectivity index (χ0n) is 11.8. The Labute approximate surface area is 125 Å². The Morgan fingerprint density at radius 3 is 2.05 bits per heavy atom. The second-order valence-corrected chi connectivity index (χ2v) is 15.3. The summed E-state index contributed by atoms with van der Waals surface area (Å²) in [6.45, 7) is 0. The molecule has 0 unspecified atom stereocenters. The van der Waals surface area contributed by atoms with Gasteiger partial charge in [0.15, 0.2) is 0 Å². The molecular weight excluding hydrogens is 320 g/mol. The van der Waals surface area contributed by atoms with Gasteiger partial charge in [-0.2, -0.15) is 0 Å². The molecule has 3 rings (SSSR count). The number of anilines is 1. The predicted octanol–water partition coefficient (Wildman–Crippen LogP) is 4.52. The predicted molar refractivity (Wildman–Crippen MR) is 85.4 cm³/mol. The van der Waals surface area contributed by atoms with Crippen LogP contribution in [0.2, 0.25) is 4.63 Å². The summed E-state index contributed by atoms with van der Waals surface area (Å²) in [7, 11) is 0. The van der Waals surface area contributed by atoms with E-state index in [0.29, 0.717) is 0 Å². The molecule has 1 aromatic rings. The summed E-state index contributed by atoms with van der Waals surface area (Å²) in [5, 5.41) is 3.57. The summed E-state index contributed by atoms with van der Waals surface area (Å²) in [5.41, 5.74) is 1.19. The van der Waals surface area contributed by atoms with Gasteiger partial charge in [-0.3, -0.25) is 0 Å². The molecule has 0 radical (unpaired) electrons. The van der Waals surface area contributed by atoms with Crippen molar-refractivity contribution in [3.8, 4) is 0 Å². The quantitative estimate of drug-likeness (QED) is 0.795. The van der Waals surface area contributed by atoms with Gasteiger partial charge in [0.1, 0.15) is 0 Å². The van der Waals surface area contributed by atoms with Gasteiger partial charge in [0.2, 0.25) is 0 Å². The molecule has 0 saturated carbocycles. The first kappa shape index (κ1) is 13.9. The van der Waals surface area contributed by atoms with Crippen LogP contribution in [0.15, 0.2) is 73.3 Å². The van der Waals surface area contributed by atoms with Crippen molar-refractivity contribution >= 4 is 10.2 Å². The van der Waals surface area contributed by atoms with E-state index in [1.54, 1.807) is 6.56 Å². The van der Waals surface area contributed by atoms with Gasteiger partial charge in [0, 0.05) is 0 Å². The Morgan fingerprint density at radius 1 is 0.950 bits per heavy atom. The van der Waals surface area contributed by atoms with Crippen LogP contribution in [0.5, 0.6) is 0 Å². The van der Waals surface area contributed by atoms with Crippen molar-refractivity contribution in [2.45, 2.75) is 17.5 Å². The monoisotopic (exact) mass is 338 g/mol. The molecule has 1 aromatic carbocycles. The summed E-state index contributed by atoms with van der Waals surface area (Å²) >= 11 is -2.57. The third-order valence-electron chi connectivity index (χ3n) is 4.18. The van der Waals surface area contributed by atoms with E-state index in [2.05, 4.69) is 81.2 Å². The van der Waals surface area contributed by atoms with Crippen molar-refractivity contribution in [1.29, 1.82) is 0 Å². The molecule has 0 fully saturated rings. The van der Waals surface area contributed by atoms with Gasteiger partial charge in [-0.25, -0.2) is 0 Å². The molecule has 2 aliphatic rings. The average molecular weight is 339 g/mol. The molecule has 0 atom stereocenters. The third-order valence-corrected chi connectivity index (χ3v) is 14.3. The Hall–Kier alpha value is -1.07. The van der Waals surface area contributed by atoms with E-state index in [4.69, 9.17) is 0 Å². The van der Waals surface area contributed by atoms with Crippen LogP contribution in [-0.2, 0) is 19.5 Å². The maximum atomic E-state index is 3.57. The third kappa shape index (κ3) is 2.83. The van der Waals surface area contributed by atoms with E-state index < -0.39 is 19.5 Å². The first-order chi connectivity index (χ1) is 9.79.